The first-order valence-electron chi connectivity index (χ1n) is 5.70. The highest BCUT2D eigenvalue weighted by Gasteiger charge is 2.48. The van der Waals surface area contributed by atoms with E-state index in [4.69, 9.17) is 4.74 Å². The lowest BCUT2D eigenvalue weighted by Crippen LogP contribution is -2.59. The maximum absolute atomic E-state index is 11.8. The van der Waals surface area contributed by atoms with Gasteiger partial charge in [0.1, 0.15) is 13.2 Å². The fraction of sp³-hybridized carbons (Fsp3) is 0.308. The third-order valence-corrected chi connectivity index (χ3v) is 3.15. The maximum atomic E-state index is 11.8. The van der Waals surface area contributed by atoms with Crippen molar-refractivity contribution in [2.75, 3.05) is 13.2 Å². The second kappa shape index (κ2) is 4.81. The molecule has 0 spiro atoms. The summed E-state index contributed by atoms with van der Waals surface area (Å²) < 4.78 is 4.80. The first-order valence-corrected chi connectivity index (χ1v) is 5.70. The van der Waals surface area contributed by atoms with E-state index < -0.39 is 23.3 Å². The number of aliphatic carboxylic acids is 1. The van der Waals surface area contributed by atoms with Gasteiger partial charge in [-0.15, -0.1) is 0 Å². The van der Waals surface area contributed by atoms with Crippen molar-refractivity contribution in [1.82, 2.24) is 4.90 Å². The summed E-state index contributed by atoms with van der Waals surface area (Å²) in [6, 6.07) is 8.20. The topological polar surface area (TPSA) is 83.9 Å². The van der Waals surface area contributed by atoms with E-state index in [2.05, 4.69) is 0 Å². The predicted molar refractivity (Wildman–Crippen MR) is 64.1 cm³/mol. The van der Waals surface area contributed by atoms with Gasteiger partial charge in [-0.25, -0.2) is 4.79 Å². The number of imide groups is 1. The molecular formula is C13H13NO5. The first-order chi connectivity index (χ1) is 8.98. The van der Waals surface area contributed by atoms with E-state index >= 15 is 0 Å². The number of carbonyl (C=O) groups is 3. The number of carboxylic acid groups (broad SMARTS) is 1. The SMILES string of the molecule is CC(C(=O)O)(c1ccccc1)N1C(=O)COCC1=O. The molecule has 1 aromatic carbocycles. The lowest BCUT2D eigenvalue weighted by molar-refractivity contribution is -0.175. The molecule has 2 amide bonds. The normalized spacial score (nSPS) is 19.1. The molecular weight excluding hydrogens is 250 g/mol. The molecule has 0 saturated carbocycles. The molecule has 2 rings (SSSR count). The number of benzene rings is 1. The molecule has 1 N–H and O–H groups in total. The molecule has 1 aliphatic rings. The lowest BCUT2D eigenvalue weighted by Gasteiger charge is -2.38. The second-order valence-electron chi connectivity index (χ2n) is 4.36. The van der Waals surface area contributed by atoms with Crippen LogP contribution in [0.25, 0.3) is 0 Å². The highest BCUT2D eigenvalue weighted by molar-refractivity contribution is 6.03. The summed E-state index contributed by atoms with van der Waals surface area (Å²) in [6.07, 6.45) is 0. The van der Waals surface area contributed by atoms with Gasteiger partial charge in [-0.1, -0.05) is 30.3 Å². The van der Waals surface area contributed by atoms with Crippen molar-refractivity contribution in [3.63, 3.8) is 0 Å². The van der Waals surface area contributed by atoms with Crippen LogP contribution in [0.4, 0.5) is 0 Å². The van der Waals surface area contributed by atoms with Crippen LogP contribution < -0.4 is 0 Å². The molecule has 0 aromatic heterocycles. The Morgan fingerprint density at radius 1 is 1.21 bits per heavy atom. The number of nitrogens with zero attached hydrogens (tertiary/aromatic N) is 1. The smallest absolute Gasteiger partial charge is 0.334 e. The summed E-state index contributed by atoms with van der Waals surface area (Å²) in [5, 5.41) is 9.49. The maximum Gasteiger partial charge on any atom is 0.334 e. The first kappa shape index (κ1) is 13.2. The van der Waals surface area contributed by atoms with E-state index in [0.717, 1.165) is 4.90 Å². The summed E-state index contributed by atoms with van der Waals surface area (Å²) in [5.41, 5.74) is -1.36. The zero-order valence-electron chi connectivity index (χ0n) is 10.3. The van der Waals surface area contributed by atoms with E-state index in [9.17, 15) is 19.5 Å². The van der Waals surface area contributed by atoms with Crippen LogP contribution >= 0.6 is 0 Å². The van der Waals surface area contributed by atoms with Crippen molar-refractivity contribution in [2.45, 2.75) is 12.5 Å². The number of carbonyl (C=O) groups excluding carboxylic acids is 2. The average Bonchev–Trinajstić information content (AvgIpc) is 2.39. The van der Waals surface area contributed by atoms with Gasteiger partial charge in [0.05, 0.1) is 0 Å². The summed E-state index contributed by atoms with van der Waals surface area (Å²) in [6.45, 7) is 0.759. The Balaban J connectivity index is 2.53. The van der Waals surface area contributed by atoms with Crippen molar-refractivity contribution in [2.24, 2.45) is 0 Å². The summed E-state index contributed by atoms with van der Waals surface area (Å²) in [7, 11) is 0. The number of hydrogen-bond acceptors (Lipinski definition) is 4. The van der Waals surface area contributed by atoms with E-state index in [1.54, 1.807) is 30.3 Å². The molecule has 1 heterocycles. The minimum absolute atomic E-state index is 0.290. The largest absolute Gasteiger partial charge is 0.479 e. The lowest BCUT2D eigenvalue weighted by atomic mass is 9.89. The van der Waals surface area contributed by atoms with E-state index in [-0.39, 0.29) is 13.2 Å². The summed E-state index contributed by atoms with van der Waals surface area (Å²) in [4.78, 5) is 36.1. The number of rotatable bonds is 3. The minimum atomic E-state index is -1.72. The molecule has 0 bridgehead atoms. The third-order valence-electron chi connectivity index (χ3n) is 3.15. The molecule has 1 atom stereocenters. The van der Waals surface area contributed by atoms with Gasteiger partial charge in [-0.05, 0) is 12.5 Å². The standard InChI is InChI=1S/C13H13NO5/c1-13(12(17)18,9-5-3-2-4-6-9)14-10(15)7-19-8-11(14)16/h2-6H,7-8H2,1H3,(H,17,18). The van der Waals surface area contributed by atoms with Crippen LogP contribution in [0, 0.1) is 0 Å². The Bertz CT molecular complexity index is 511. The Morgan fingerprint density at radius 3 is 2.21 bits per heavy atom. The van der Waals surface area contributed by atoms with Crippen molar-refractivity contribution >= 4 is 17.8 Å². The van der Waals surface area contributed by atoms with Crippen LogP contribution in [0.2, 0.25) is 0 Å². The van der Waals surface area contributed by atoms with Crippen LogP contribution in [-0.4, -0.2) is 41.0 Å². The van der Waals surface area contributed by atoms with Crippen LogP contribution in [0.3, 0.4) is 0 Å². The molecule has 1 fully saturated rings. The Kier molecular flexibility index (Phi) is 3.35. The third kappa shape index (κ3) is 2.10. The van der Waals surface area contributed by atoms with Crippen LogP contribution in [0.15, 0.2) is 30.3 Å². The number of carboxylic acids is 1. The van der Waals surface area contributed by atoms with E-state index in [0.29, 0.717) is 5.56 Å². The molecule has 6 heteroatoms. The Labute approximate surface area is 109 Å². The quantitative estimate of drug-likeness (QED) is 0.796. The van der Waals surface area contributed by atoms with Gasteiger partial charge in [-0.2, -0.15) is 0 Å². The van der Waals surface area contributed by atoms with Gasteiger partial charge in [0.15, 0.2) is 5.54 Å². The number of morpholine rings is 1. The van der Waals surface area contributed by atoms with Crippen molar-refractivity contribution in [3.8, 4) is 0 Å². The van der Waals surface area contributed by atoms with Crippen molar-refractivity contribution in [3.05, 3.63) is 35.9 Å². The van der Waals surface area contributed by atoms with Gasteiger partial charge in [0.2, 0.25) is 0 Å². The molecule has 19 heavy (non-hydrogen) atoms. The van der Waals surface area contributed by atoms with Gasteiger partial charge < -0.3 is 9.84 Å². The molecule has 1 unspecified atom stereocenters. The van der Waals surface area contributed by atoms with Gasteiger partial charge >= 0.3 is 5.97 Å². The van der Waals surface area contributed by atoms with Crippen molar-refractivity contribution < 1.29 is 24.2 Å². The van der Waals surface area contributed by atoms with Crippen LogP contribution in [-0.2, 0) is 24.7 Å². The number of hydrogen-bond donors (Lipinski definition) is 1. The molecule has 0 aliphatic carbocycles. The average molecular weight is 263 g/mol. The minimum Gasteiger partial charge on any atom is -0.479 e. The number of amides is 2. The molecule has 0 radical (unpaired) electrons. The fourth-order valence-corrected chi connectivity index (χ4v) is 2.10. The molecule has 6 nitrogen and oxygen atoms in total. The summed E-state index contributed by atoms with van der Waals surface area (Å²) >= 11 is 0. The van der Waals surface area contributed by atoms with Crippen LogP contribution in [0.1, 0.15) is 12.5 Å². The van der Waals surface area contributed by atoms with Gasteiger partial charge in [-0.3, -0.25) is 14.5 Å². The van der Waals surface area contributed by atoms with Gasteiger partial charge in [0.25, 0.3) is 11.8 Å². The van der Waals surface area contributed by atoms with Gasteiger partial charge in [0, 0.05) is 0 Å². The highest BCUT2D eigenvalue weighted by atomic mass is 16.5. The highest BCUT2D eigenvalue weighted by Crippen LogP contribution is 2.30. The Hall–Kier alpha value is -2.21. The molecule has 1 aliphatic heterocycles. The van der Waals surface area contributed by atoms with E-state index in [1.807, 2.05) is 0 Å². The van der Waals surface area contributed by atoms with Crippen LogP contribution in [0.5, 0.6) is 0 Å². The summed E-state index contributed by atoms with van der Waals surface area (Å²) in [5.74, 6) is -2.56. The van der Waals surface area contributed by atoms with Crippen molar-refractivity contribution in [1.29, 1.82) is 0 Å². The predicted octanol–water partition coefficient (Wildman–Crippen LogP) is 0.372. The zero-order chi connectivity index (χ0) is 14.0. The Morgan fingerprint density at radius 2 is 1.74 bits per heavy atom. The molecule has 1 saturated heterocycles. The monoisotopic (exact) mass is 263 g/mol. The molecule has 100 valence electrons. The molecule has 1 aromatic rings. The zero-order valence-corrected chi connectivity index (χ0v) is 10.3. The van der Waals surface area contributed by atoms with E-state index in [1.165, 1.54) is 6.92 Å². The number of ether oxygens (including phenoxy) is 1. The second-order valence-corrected chi connectivity index (χ2v) is 4.36. The fourth-order valence-electron chi connectivity index (χ4n) is 2.10.